The van der Waals surface area contributed by atoms with Gasteiger partial charge in [-0.05, 0) is 57.9 Å². The van der Waals surface area contributed by atoms with E-state index in [0.717, 1.165) is 110 Å². The Hall–Kier alpha value is -7.75. The van der Waals surface area contributed by atoms with Crippen LogP contribution in [0.4, 0.5) is 0 Å². The van der Waals surface area contributed by atoms with E-state index in [4.69, 9.17) is 23.8 Å². The van der Waals surface area contributed by atoms with Crippen molar-refractivity contribution in [3.05, 3.63) is 158 Å². The van der Waals surface area contributed by atoms with Crippen LogP contribution >= 0.6 is 0 Å². The molecule has 0 unspecified atom stereocenters. The molecule has 4 aliphatic heterocycles. The van der Waals surface area contributed by atoms with Crippen LogP contribution in [0.25, 0.3) is 110 Å². The molecular formula is C48H26B2N6O3. The van der Waals surface area contributed by atoms with Crippen LogP contribution in [0.2, 0.25) is 0 Å². The number of nitrogens with zero attached hydrogens (tertiary/aromatic N) is 6. The molecule has 9 nitrogen and oxygen atoms in total. The second-order valence-corrected chi connectivity index (χ2v) is 16.4. The van der Waals surface area contributed by atoms with Crippen LogP contribution in [0, 0.1) is 0 Å². The average molecular weight is 756 g/mol. The fraction of sp³-hybridized carbons (Fsp3) is 0. The number of para-hydroxylation sites is 2. The highest BCUT2D eigenvalue weighted by Crippen LogP contribution is 2.49. The van der Waals surface area contributed by atoms with Gasteiger partial charge in [0.25, 0.3) is 0 Å². The molecule has 0 radical (unpaired) electrons. The van der Waals surface area contributed by atoms with Crippen molar-refractivity contribution in [3.63, 3.8) is 0 Å². The Kier molecular flexibility index (Phi) is 4.75. The minimum atomic E-state index is -2.75. The lowest BCUT2D eigenvalue weighted by Crippen LogP contribution is -2.81. The molecule has 12 aromatic rings. The fourth-order valence-corrected chi connectivity index (χ4v) is 11.6. The largest absolute Gasteiger partial charge is 0.691 e. The van der Waals surface area contributed by atoms with E-state index in [1.165, 1.54) is 0 Å². The predicted molar refractivity (Wildman–Crippen MR) is 231 cm³/mol. The van der Waals surface area contributed by atoms with Crippen molar-refractivity contribution in [1.82, 2.24) is 18.9 Å². The van der Waals surface area contributed by atoms with E-state index in [-0.39, 0.29) is 0 Å². The summed E-state index contributed by atoms with van der Waals surface area (Å²) in [5.41, 5.74) is 7.24. The number of hydrogen-bond acceptors (Lipinski definition) is 5. The predicted octanol–water partition coefficient (Wildman–Crippen LogP) is 9.01. The summed E-state index contributed by atoms with van der Waals surface area (Å²) in [4.78, 5) is 11.2. The summed E-state index contributed by atoms with van der Waals surface area (Å²) in [7, 11) is 0. The maximum atomic E-state index is 8.26. The maximum Gasteiger partial charge on any atom is 0.691 e. The summed E-state index contributed by atoms with van der Waals surface area (Å²) in [5, 5.41) is 10.9. The summed E-state index contributed by atoms with van der Waals surface area (Å²) < 4.78 is 32.9. The summed E-state index contributed by atoms with van der Waals surface area (Å²) in [6, 6.07) is 55.5. The summed E-state index contributed by atoms with van der Waals surface area (Å²) in [6.45, 7) is -5.51. The number of rotatable bonds is 0. The second kappa shape index (κ2) is 9.50. The first-order chi connectivity index (χ1) is 29.2. The second-order valence-electron chi connectivity index (χ2n) is 16.4. The zero-order valence-electron chi connectivity index (χ0n) is 31.1. The van der Waals surface area contributed by atoms with Crippen molar-refractivity contribution >= 4 is 101 Å². The Morgan fingerprint density at radius 2 is 0.780 bits per heavy atom. The third-order valence-corrected chi connectivity index (χ3v) is 13.7. The molecule has 8 heterocycles. The molecule has 0 saturated carbocycles. The molecule has 16 rings (SSSR count). The van der Waals surface area contributed by atoms with E-state index in [1.54, 1.807) is 0 Å². The highest BCUT2D eigenvalue weighted by Gasteiger charge is 2.70. The van der Waals surface area contributed by atoms with Crippen LogP contribution in [0.15, 0.2) is 158 Å². The monoisotopic (exact) mass is 756 g/mol. The molecule has 8 aromatic carbocycles. The third-order valence-electron chi connectivity index (χ3n) is 13.7. The molecule has 11 heteroatoms. The lowest BCUT2D eigenvalue weighted by atomic mass is 9.77. The average Bonchev–Trinajstić information content (AvgIpc) is 3.97. The first kappa shape index (κ1) is 29.5. The van der Waals surface area contributed by atoms with Crippen molar-refractivity contribution in [2.75, 3.05) is 0 Å². The van der Waals surface area contributed by atoms with Gasteiger partial charge in [0.1, 0.15) is 11.5 Å². The van der Waals surface area contributed by atoms with Gasteiger partial charge in [-0.25, -0.2) is 9.97 Å². The minimum Gasteiger partial charge on any atom is -0.611 e. The highest BCUT2D eigenvalue weighted by molar-refractivity contribution is 6.76. The number of aromatic nitrogens is 6. The summed E-state index contributed by atoms with van der Waals surface area (Å²) in [6.07, 6.45) is 0. The highest BCUT2D eigenvalue weighted by atomic mass is 16.7. The van der Waals surface area contributed by atoms with Crippen molar-refractivity contribution in [2.24, 2.45) is 0 Å². The molecule has 0 saturated heterocycles. The van der Waals surface area contributed by atoms with Gasteiger partial charge in [0.05, 0.1) is 11.0 Å². The van der Waals surface area contributed by atoms with Crippen molar-refractivity contribution < 1.29 is 22.8 Å². The van der Waals surface area contributed by atoms with Crippen LogP contribution in [-0.4, -0.2) is 32.6 Å². The number of pyridine rings is 2. The number of imidazole rings is 2. The lowest BCUT2D eigenvalue weighted by molar-refractivity contribution is -0.543. The molecule has 2 bridgehead atoms. The molecule has 0 N–H and O–H groups in total. The van der Waals surface area contributed by atoms with Gasteiger partial charge in [-0.1, -0.05) is 109 Å². The molecule has 0 amide bonds. The first-order valence-corrected chi connectivity index (χ1v) is 20.2. The Labute approximate surface area is 333 Å². The van der Waals surface area contributed by atoms with Crippen molar-refractivity contribution in [2.45, 2.75) is 0 Å². The molecule has 272 valence electrons. The lowest BCUT2D eigenvalue weighted by Gasteiger charge is -2.40. The quantitative estimate of drug-likeness (QED) is 0.114. The fourth-order valence-electron chi connectivity index (χ4n) is 11.6. The van der Waals surface area contributed by atoms with Crippen LogP contribution in [0.3, 0.4) is 0 Å². The van der Waals surface area contributed by atoms with Gasteiger partial charge in [-0.3, -0.25) is 0 Å². The van der Waals surface area contributed by atoms with E-state index >= 15 is 0 Å². The van der Waals surface area contributed by atoms with Gasteiger partial charge < -0.3 is 31.8 Å². The standard InChI is InChI=1S/C48H26B2N6O3/c1-5-17-33-29(13-1)31-15-3-7-19-35(31)45-41(33)51-47-37-25-23-27-11-10-22-40-43(27)53(37)49(55(45)47)57-39-21-9-12-28-24-26-38-48-52-42-34-18-6-2-14-30(34)32-16-4-8-20-36(32)46(42)56(48)50(58-40,59-49)54(38)44(28)39/h1-26H/t49-,50-/m1/s1. The van der Waals surface area contributed by atoms with E-state index in [9.17, 15) is 0 Å². The Balaban J connectivity index is 1.17. The molecule has 4 aromatic heterocycles. The minimum absolute atomic E-state index is 0.691. The van der Waals surface area contributed by atoms with Crippen molar-refractivity contribution in [3.8, 4) is 34.5 Å². The van der Waals surface area contributed by atoms with Gasteiger partial charge in [0, 0.05) is 55.5 Å². The van der Waals surface area contributed by atoms with Gasteiger partial charge in [-0.15, -0.1) is 0 Å². The Bertz CT molecular complexity index is 3790. The topological polar surface area (TPSA) is 71.1 Å². The van der Waals surface area contributed by atoms with E-state index in [1.807, 2.05) is 0 Å². The molecule has 0 fully saturated rings. The van der Waals surface area contributed by atoms with Gasteiger partial charge >= 0.3 is 13.6 Å². The molecular weight excluding hydrogens is 730 g/mol. The van der Waals surface area contributed by atoms with Gasteiger partial charge in [-0.2, -0.15) is 0 Å². The van der Waals surface area contributed by atoms with Gasteiger partial charge in [0.2, 0.25) is 11.0 Å². The normalized spacial score (nSPS) is 19.2. The maximum absolute atomic E-state index is 8.26. The summed E-state index contributed by atoms with van der Waals surface area (Å²) in [5.74, 6) is 2.94. The van der Waals surface area contributed by atoms with E-state index in [0.29, 0.717) is 11.5 Å². The zero-order valence-corrected chi connectivity index (χ0v) is 31.1. The number of fused-ring (bicyclic) bond motifs is 18. The first-order valence-electron chi connectivity index (χ1n) is 20.2. The third kappa shape index (κ3) is 3.10. The van der Waals surface area contributed by atoms with Crippen molar-refractivity contribution in [1.29, 1.82) is 0 Å². The number of benzene rings is 8. The molecule has 2 atom stereocenters. The van der Waals surface area contributed by atoms with E-state index < -0.39 is 13.6 Å². The summed E-state index contributed by atoms with van der Waals surface area (Å²) >= 11 is 0. The molecule has 4 aliphatic rings. The van der Waals surface area contributed by atoms with Crippen LogP contribution < -0.4 is 18.3 Å². The Morgan fingerprint density at radius 1 is 0.390 bits per heavy atom. The van der Waals surface area contributed by atoms with Crippen LogP contribution in [-0.2, 0) is 4.57 Å². The molecule has 2 spiro atoms. The number of hydrogen-bond donors (Lipinski definition) is 0. The SMILES string of the molecule is c1cc2c3c(c1)ccc1[n+]3[B@-]3(Oc4cccc5ccc6[n+](c45)[B@@-](O2)(O3)n2c-6nc3c4ccccc4c4ccccc4c32)n2c-1nc1c3ccccc3c3ccccc3c12. The smallest absolute Gasteiger partial charge is 0.611 e. The zero-order chi connectivity index (χ0) is 37.9. The van der Waals surface area contributed by atoms with Crippen LogP contribution in [0.1, 0.15) is 0 Å². The van der Waals surface area contributed by atoms with E-state index in [2.05, 4.69) is 176 Å². The molecule has 59 heavy (non-hydrogen) atoms. The van der Waals surface area contributed by atoms with Gasteiger partial charge in [0.15, 0.2) is 23.0 Å². The Morgan fingerprint density at radius 3 is 1.22 bits per heavy atom. The molecule has 0 aliphatic carbocycles. The van der Waals surface area contributed by atoms with Crippen LogP contribution in [0.5, 0.6) is 11.5 Å².